The maximum absolute atomic E-state index is 6.65. The molecule has 0 fully saturated rings. The van der Waals surface area contributed by atoms with Crippen LogP contribution in [0.3, 0.4) is 0 Å². The van der Waals surface area contributed by atoms with Crippen LogP contribution in [0.2, 0.25) is 18.1 Å². The van der Waals surface area contributed by atoms with E-state index in [1.54, 1.807) is 0 Å². The Morgan fingerprint density at radius 1 is 1.04 bits per heavy atom. The van der Waals surface area contributed by atoms with Crippen molar-refractivity contribution in [3.8, 4) is 11.5 Å². The van der Waals surface area contributed by atoms with E-state index in [9.17, 15) is 0 Å². The summed E-state index contributed by atoms with van der Waals surface area (Å²) >= 11 is 0. The van der Waals surface area contributed by atoms with Gasteiger partial charge in [0, 0.05) is 16.3 Å². The largest absolute Gasteiger partial charge is 0.543 e. The zero-order valence-electron chi connectivity index (χ0n) is 15.9. The molecule has 0 spiro atoms. The molecular formula is C21H28O2Si. The summed E-state index contributed by atoms with van der Waals surface area (Å²) in [5.41, 5.74) is 0.819. The lowest BCUT2D eigenvalue weighted by Gasteiger charge is -2.37. The van der Waals surface area contributed by atoms with E-state index >= 15 is 0 Å². The highest BCUT2D eigenvalue weighted by molar-refractivity contribution is 6.74. The van der Waals surface area contributed by atoms with Crippen LogP contribution in [-0.2, 0) is 0 Å². The number of hydrogen-bond donors (Lipinski definition) is 0. The Hall–Kier alpha value is -1.74. The molecule has 24 heavy (non-hydrogen) atoms. The number of hydrogen-bond acceptors (Lipinski definition) is 2. The molecule has 0 atom stereocenters. The van der Waals surface area contributed by atoms with Crippen LogP contribution in [0.4, 0.5) is 0 Å². The molecule has 3 heteroatoms. The Morgan fingerprint density at radius 2 is 1.67 bits per heavy atom. The van der Waals surface area contributed by atoms with Crippen LogP contribution >= 0.6 is 0 Å². The molecule has 2 nitrogen and oxygen atoms in total. The SMILES string of the molecule is CC1(C)C=Cc2cc(O[Si](C)(C)C(C)(C)C)c3ccccc3c2O1. The first-order valence-corrected chi connectivity index (χ1v) is 11.5. The molecule has 128 valence electrons. The van der Waals surface area contributed by atoms with E-state index < -0.39 is 8.32 Å². The van der Waals surface area contributed by atoms with Gasteiger partial charge in [0.1, 0.15) is 17.1 Å². The number of ether oxygens (including phenoxy) is 1. The molecule has 0 saturated carbocycles. The van der Waals surface area contributed by atoms with Crippen molar-refractivity contribution in [2.45, 2.75) is 58.4 Å². The fraction of sp³-hybridized carbons (Fsp3) is 0.429. The molecule has 0 radical (unpaired) electrons. The molecule has 0 amide bonds. The Kier molecular flexibility index (Phi) is 3.83. The summed E-state index contributed by atoms with van der Waals surface area (Å²) in [6.07, 6.45) is 4.27. The fourth-order valence-corrected chi connectivity index (χ4v) is 3.70. The summed E-state index contributed by atoms with van der Waals surface area (Å²) in [7, 11) is -1.90. The summed E-state index contributed by atoms with van der Waals surface area (Å²) in [6.45, 7) is 15.6. The van der Waals surface area contributed by atoms with Gasteiger partial charge in [-0.15, -0.1) is 0 Å². The van der Waals surface area contributed by atoms with Gasteiger partial charge in [0.25, 0.3) is 8.32 Å². The third-order valence-electron chi connectivity index (χ3n) is 5.19. The molecule has 2 aromatic rings. The van der Waals surface area contributed by atoms with Gasteiger partial charge in [0.05, 0.1) is 0 Å². The Balaban J connectivity index is 2.18. The van der Waals surface area contributed by atoms with E-state index in [1.165, 1.54) is 0 Å². The summed E-state index contributed by atoms with van der Waals surface area (Å²) in [4.78, 5) is 0. The van der Waals surface area contributed by atoms with Gasteiger partial charge in [-0.3, -0.25) is 0 Å². The fourth-order valence-electron chi connectivity index (χ4n) is 2.67. The normalized spacial score (nSPS) is 16.6. The van der Waals surface area contributed by atoms with Crippen molar-refractivity contribution in [2.75, 3.05) is 0 Å². The van der Waals surface area contributed by atoms with E-state index in [0.29, 0.717) is 0 Å². The second kappa shape index (κ2) is 5.38. The topological polar surface area (TPSA) is 18.5 Å². The standard InChI is InChI=1S/C21H28O2Si/c1-20(2,3)24(6,7)23-18-14-15-12-13-21(4,5)22-19(15)17-11-9-8-10-16(17)18/h8-14H,1-7H3. The van der Waals surface area contributed by atoms with Crippen molar-refractivity contribution in [3.63, 3.8) is 0 Å². The van der Waals surface area contributed by atoms with E-state index in [1.807, 2.05) is 0 Å². The monoisotopic (exact) mass is 340 g/mol. The molecule has 1 aliphatic rings. The molecule has 0 bridgehead atoms. The zero-order chi connectivity index (χ0) is 17.8. The van der Waals surface area contributed by atoms with Gasteiger partial charge in [0.15, 0.2) is 0 Å². The van der Waals surface area contributed by atoms with E-state index in [0.717, 1.165) is 27.8 Å². The van der Waals surface area contributed by atoms with Crippen molar-refractivity contribution in [1.29, 1.82) is 0 Å². The lowest BCUT2D eigenvalue weighted by Crippen LogP contribution is -2.43. The van der Waals surface area contributed by atoms with Crippen LogP contribution in [0.5, 0.6) is 11.5 Å². The first-order valence-electron chi connectivity index (χ1n) is 8.63. The number of rotatable bonds is 2. The van der Waals surface area contributed by atoms with Crippen molar-refractivity contribution in [1.82, 2.24) is 0 Å². The average molecular weight is 341 g/mol. The molecule has 0 aromatic heterocycles. The van der Waals surface area contributed by atoms with Gasteiger partial charge in [-0.05, 0) is 44.1 Å². The van der Waals surface area contributed by atoms with Gasteiger partial charge < -0.3 is 9.16 Å². The van der Waals surface area contributed by atoms with Crippen molar-refractivity contribution < 1.29 is 9.16 Å². The van der Waals surface area contributed by atoms with Crippen LogP contribution in [0.25, 0.3) is 16.8 Å². The number of fused-ring (bicyclic) bond motifs is 3. The van der Waals surface area contributed by atoms with Gasteiger partial charge in [-0.1, -0.05) is 51.1 Å². The van der Waals surface area contributed by atoms with Crippen molar-refractivity contribution in [3.05, 3.63) is 42.0 Å². The summed E-state index contributed by atoms with van der Waals surface area (Å²) < 4.78 is 12.9. The Bertz CT molecular complexity index is 810. The predicted molar refractivity (Wildman–Crippen MR) is 106 cm³/mol. The lowest BCUT2D eigenvalue weighted by molar-refractivity contribution is 0.161. The Morgan fingerprint density at radius 3 is 2.29 bits per heavy atom. The summed E-state index contributed by atoms with van der Waals surface area (Å²) in [6, 6.07) is 10.5. The summed E-state index contributed by atoms with van der Waals surface area (Å²) in [5, 5.41) is 2.42. The highest BCUT2D eigenvalue weighted by Gasteiger charge is 2.39. The molecule has 0 saturated heterocycles. The molecule has 0 unspecified atom stereocenters. The Labute approximate surface area is 146 Å². The van der Waals surface area contributed by atoms with E-state index in [4.69, 9.17) is 9.16 Å². The third kappa shape index (κ3) is 2.97. The molecule has 1 aliphatic heterocycles. The molecule has 3 rings (SSSR count). The molecular weight excluding hydrogens is 312 g/mol. The van der Waals surface area contributed by atoms with E-state index in [2.05, 4.69) is 90.2 Å². The molecule has 1 heterocycles. The van der Waals surface area contributed by atoms with E-state index in [-0.39, 0.29) is 10.6 Å². The van der Waals surface area contributed by atoms with Crippen molar-refractivity contribution >= 4 is 25.2 Å². The highest BCUT2D eigenvalue weighted by atomic mass is 28.4. The van der Waals surface area contributed by atoms with Gasteiger partial charge in [-0.25, -0.2) is 0 Å². The lowest BCUT2D eigenvalue weighted by atomic mass is 9.98. The smallest absolute Gasteiger partial charge is 0.250 e. The second-order valence-electron chi connectivity index (χ2n) is 8.74. The predicted octanol–water partition coefficient (Wildman–Crippen LogP) is 6.41. The number of benzene rings is 2. The van der Waals surface area contributed by atoms with Crippen LogP contribution in [0.1, 0.15) is 40.2 Å². The minimum Gasteiger partial charge on any atom is -0.543 e. The first kappa shape index (κ1) is 17.1. The van der Waals surface area contributed by atoms with Crippen molar-refractivity contribution in [2.24, 2.45) is 0 Å². The third-order valence-corrected chi connectivity index (χ3v) is 9.53. The van der Waals surface area contributed by atoms with Gasteiger partial charge in [-0.2, -0.15) is 0 Å². The maximum Gasteiger partial charge on any atom is 0.250 e. The van der Waals surface area contributed by atoms with Crippen LogP contribution < -0.4 is 9.16 Å². The quantitative estimate of drug-likeness (QED) is 0.588. The minimum absolute atomic E-state index is 0.165. The van der Waals surface area contributed by atoms with Crippen LogP contribution in [-0.4, -0.2) is 13.9 Å². The van der Waals surface area contributed by atoms with Gasteiger partial charge in [0.2, 0.25) is 0 Å². The zero-order valence-corrected chi connectivity index (χ0v) is 16.9. The first-order chi connectivity index (χ1) is 11.0. The van der Waals surface area contributed by atoms with Gasteiger partial charge >= 0.3 is 0 Å². The minimum atomic E-state index is -1.90. The highest BCUT2D eigenvalue weighted by Crippen LogP contribution is 2.44. The second-order valence-corrected chi connectivity index (χ2v) is 13.5. The molecule has 0 aliphatic carbocycles. The van der Waals surface area contributed by atoms with Crippen LogP contribution in [0.15, 0.2) is 36.4 Å². The molecule has 0 N–H and O–H groups in total. The average Bonchev–Trinajstić information content (AvgIpc) is 2.46. The van der Waals surface area contributed by atoms with Crippen LogP contribution in [0, 0.1) is 0 Å². The molecule has 2 aromatic carbocycles. The summed E-state index contributed by atoms with van der Waals surface area (Å²) in [5.74, 6) is 1.93. The maximum atomic E-state index is 6.65.